The minimum absolute atomic E-state index is 0.0356. The van der Waals surface area contributed by atoms with Gasteiger partial charge in [-0.2, -0.15) is 0 Å². The Labute approximate surface area is 137 Å². The van der Waals surface area contributed by atoms with Gasteiger partial charge in [-0.05, 0) is 43.9 Å². The van der Waals surface area contributed by atoms with E-state index in [1.807, 2.05) is 32.9 Å². The van der Waals surface area contributed by atoms with E-state index in [0.29, 0.717) is 6.42 Å². The van der Waals surface area contributed by atoms with E-state index in [-0.39, 0.29) is 30.3 Å². The summed E-state index contributed by atoms with van der Waals surface area (Å²) < 4.78 is 28.7. The number of hydrogen-bond acceptors (Lipinski definition) is 4. The predicted octanol–water partition coefficient (Wildman–Crippen LogP) is 1.78. The van der Waals surface area contributed by atoms with Crippen molar-refractivity contribution in [2.75, 3.05) is 25.3 Å². The Morgan fingerprint density at radius 1 is 1.30 bits per heavy atom. The molecule has 2 rings (SSSR count). The van der Waals surface area contributed by atoms with E-state index in [2.05, 4.69) is 5.32 Å². The molecule has 1 N–H and O–H groups in total. The third-order valence-corrected chi connectivity index (χ3v) is 6.14. The quantitative estimate of drug-likeness (QED) is 0.848. The van der Waals surface area contributed by atoms with Crippen LogP contribution in [0.4, 0.5) is 4.79 Å². The van der Waals surface area contributed by atoms with E-state index in [4.69, 9.17) is 4.74 Å². The van der Waals surface area contributed by atoms with Crippen LogP contribution in [0, 0.1) is 20.8 Å². The third kappa shape index (κ3) is 4.16. The fourth-order valence-corrected chi connectivity index (χ4v) is 4.46. The number of carbonyl (C=O) groups is 1. The van der Waals surface area contributed by atoms with Crippen molar-refractivity contribution in [2.24, 2.45) is 0 Å². The number of nitrogens with zero attached hydrogens (tertiary/aromatic N) is 1. The summed E-state index contributed by atoms with van der Waals surface area (Å²) in [5, 5.41) is 2.68. The minimum atomic E-state index is -3.01. The van der Waals surface area contributed by atoms with Crippen molar-refractivity contribution in [3.63, 3.8) is 0 Å². The second kappa shape index (κ2) is 6.78. The van der Waals surface area contributed by atoms with Crippen LogP contribution < -0.4 is 10.1 Å². The topological polar surface area (TPSA) is 75.7 Å². The van der Waals surface area contributed by atoms with Crippen LogP contribution in [0.25, 0.3) is 0 Å². The lowest BCUT2D eigenvalue weighted by Crippen LogP contribution is -2.45. The average Bonchev–Trinajstić information content (AvgIpc) is 2.85. The molecule has 0 radical (unpaired) electrons. The Bertz CT molecular complexity index is 700. The summed E-state index contributed by atoms with van der Waals surface area (Å²) in [7, 11) is -1.39. The number of benzene rings is 1. The number of urea groups is 1. The van der Waals surface area contributed by atoms with Crippen molar-refractivity contribution in [3.05, 3.63) is 28.8 Å². The zero-order chi connectivity index (χ0) is 17.2. The SMILES string of the molecule is Cc1ccc(C)c(OCNC(=O)N(C)C2CCS(=O)(=O)C2)c1C. The lowest BCUT2D eigenvalue weighted by molar-refractivity contribution is 0.181. The molecule has 0 bridgehead atoms. The summed E-state index contributed by atoms with van der Waals surface area (Å²) in [5.74, 6) is 0.956. The van der Waals surface area contributed by atoms with E-state index in [0.717, 1.165) is 22.4 Å². The van der Waals surface area contributed by atoms with Crippen molar-refractivity contribution in [3.8, 4) is 5.75 Å². The maximum absolute atomic E-state index is 12.1. The minimum Gasteiger partial charge on any atom is -0.473 e. The molecule has 1 aromatic carbocycles. The molecule has 1 heterocycles. The highest BCUT2D eigenvalue weighted by molar-refractivity contribution is 7.91. The van der Waals surface area contributed by atoms with Gasteiger partial charge in [0.15, 0.2) is 16.6 Å². The van der Waals surface area contributed by atoms with Crippen molar-refractivity contribution >= 4 is 15.9 Å². The Balaban J connectivity index is 1.89. The van der Waals surface area contributed by atoms with Crippen molar-refractivity contribution in [1.29, 1.82) is 0 Å². The van der Waals surface area contributed by atoms with Gasteiger partial charge >= 0.3 is 6.03 Å². The van der Waals surface area contributed by atoms with Gasteiger partial charge in [0.1, 0.15) is 5.75 Å². The maximum Gasteiger partial charge on any atom is 0.320 e. The van der Waals surface area contributed by atoms with E-state index in [1.54, 1.807) is 7.05 Å². The molecule has 23 heavy (non-hydrogen) atoms. The molecule has 0 aliphatic carbocycles. The smallest absolute Gasteiger partial charge is 0.320 e. The fraction of sp³-hybridized carbons (Fsp3) is 0.562. The molecule has 1 aliphatic rings. The molecule has 0 spiro atoms. The van der Waals surface area contributed by atoms with Crippen LogP contribution in [-0.2, 0) is 9.84 Å². The van der Waals surface area contributed by atoms with Gasteiger partial charge in [-0.3, -0.25) is 0 Å². The molecule has 2 amide bonds. The lowest BCUT2D eigenvalue weighted by Gasteiger charge is -2.24. The lowest BCUT2D eigenvalue weighted by atomic mass is 10.1. The Kier molecular flexibility index (Phi) is 5.19. The number of aryl methyl sites for hydroxylation is 2. The number of nitrogens with one attached hydrogen (secondary N) is 1. The summed E-state index contributed by atoms with van der Waals surface area (Å²) in [5.41, 5.74) is 3.19. The Hall–Kier alpha value is -1.76. The number of hydrogen-bond donors (Lipinski definition) is 1. The highest BCUT2D eigenvalue weighted by atomic mass is 32.2. The molecule has 0 aromatic heterocycles. The second-order valence-electron chi connectivity index (χ2n) is 6.09. The van der Waals surface area contributed by atoms with Gasteiger partial charge in [0.05, 0.1) is 11.5 Å². The van der Waals surface area contributed by atoms with E-state index in [9.17, 15) is 13.2 Å². The van der Waals surface area contributed by atoms with Gasteiger partial charge in [-0.1, -0.05) is 12.1 Å². The first-order chi connectivity index (χ1) is 10.7. The molecular weight excluding hydrogens is 316 g/mol. The van der Waals surface area contributed by atoms with Gasteiger partial charge in [-0.15, -0.1) is 0 Å². The first-order valence-corrected chi connectivity index (χ1v) is 9.44. The summed E-state index contributed by atoms with van der Waals surface area (Å²) in [6.45, 7) is 6.00. The molecule has 1 unspecified atom stereocenters. The summed E-state index contributed by atoms with van der Waals surface area (Å²) >= 11 is 0. The molecule has 1 aliphatic heterocycles. The summed E-state index contributed by atoms with van der Waals surface area (Å²) in [4.78, 5) is 13.6. The van der Waals surface area contributed by atoms with Crippen LogP contribution in [0.15, 0.2) is 12.1 Å². The molecule has 0 saturated carbocycles. The standard InChI is InChI=1S/C16H24N2O4S/c1-11-5-6-12(2)15(13(11)3)22-10-17-16(19)18(4)14-7-8-23(20,21)9-14/h5-6,14H,7-10H2,1-4H3,(H,17,19). The van der Waals surface area contributed by atoms with Crippen LogP contribution in [0.2, 0.25) is 0 Å². The normalized spacial score (nSPS) is 19.4. The summed E-state index contributed by atoms with van der Waals surface area (Å²) in [6, 6.07) is 3.43. The average molecular weight is 340 g/mol. The number of sulfone groups is 1. The first kappa shape index (κ1) is 17.6. The Morgan fingerprint density at radius 3 is 2.57 bits per heavy atom. The number of carbonyl (C=O) groups excluding carboxylic acids is 1. The highest BCUT2D eigenvalue weighted by Gasteiger charge is 2.32. The number of rotatable bonds is 4. The van der Waals surface area contributed by atoms with Crippen LogP contribution in [-0.4, -0.2) is 50.7 Å². The monoisotopic (exact) mass is 340 g/mol. The highest BCUT2D eigenvalue weighted by Crippen LogP contribution is 2.25. The van der Waals surface area contributed by atoms with Crippen LogP contribution >= 0.6 is 0 Å². The molecule has 1 fully saturated rings. The maximum atomic E-state index is 12.1. The van der Waals surface area contributed by atoms with Crippen LogP contribution in [0.3, 0.4) is 0 Å². The van der Waals surface area contributed by atoms with Crippen molar-refractivity contribution < 1.29 is 17.9 Å². The zero-order valence-electron chi connectivity index (χ0n) is 14.0. The first-order valence-electron chi connectivity index (χ1n) is 7.62. The molecule has 1 atom stereocenters. The van der Waals surface area contributed by atoms with E-state index >= 15 is 0 Å². The molecule has 6 nitrogen and oxygen atoms in total. The molecular formula is C16H24N2O4S. The number of amides is 2. The fourth-order valence-electron chi connectivity index (χ4n) is 2.69. The second-order valence-corrected chi connectivity index (χ2v) is 8.32. The molecule has 1 saturated heterocycles. The van der Waals surface area contributed by atoms with Gasteiger partial charge < -0.3 is 15.0 Å². The number of ether oxygens (including phenoxy) is 1. The predicted molar refractivity (Wildman–Crippen MR) is 89.5 cm³/mol. The molecule has 1 aromatic rings. The van der Waals surface area contributed by atoms with Crippen LogP contribution in [0.5, 0.6) is 5.75 Å². The molecule has 7 heteroatoms. The van der Waals surface area contributed by atoms with Gasteiger partial charge in [0.2, 0.25) is 0 Å². The zero-order valence-corrected chi connectivity index (χ0v) is 14.9. The van der Waals surface area contributed by atoms with Crippen molar-refractivity contribution in [1.82, 2.24) is 10.2 Å². The van der Waals surface area contributed by atoms with E-state index < -0.39 is 9.84 Å². The Morgan fingerprint density at radius 2 is 1.96 bits per heavy atom. The summed E-state index contributed by atoms with van der Waals surface area (Å²) in [6.07, 6.45) is 0.489. The van der Waals surface area contributed by atoms with Gasteiger partial charge in [0, 0.05) is 13.1 Å². The van der Waals surface area contributed by atoms with Crippen molar-refractivity contribution in [2.45, 2.75) is 33.2 Å². The van der Waals surface area contributed by atoms with Gasteiger partial charge in [-0.25, -0.2) is 13.2 Å². The third-order valence-electron chi connectivity index (χ3n) is 4.39. The van der Waals surface area contributed by atoms with E-state index in [1.165, 1.54) is 4.90 Å². The van der Waals surface area contributed by atoms with Crippen LogP contribution in [0.1, 0.15) is 23.1 Å². The van der Waals surface area contributed by atoms with Gasteiger partial charge in [0.25, 0.3) is 0 Å². The largest absolute Gasteiger partial charge is 0.473 e. The molecule has 128 valence electrons.